The Morgan fingerprint density at radius 2 is 1.86 bits per heavy atom. The van der Waals surface area contributed by atoms with Crippen molar-refractivity contribution in [2.75, 3.05) is 22.6 Å². The summed E-state index contributed by atoms with van der Waals surface area (Å²) >= 11 is 0. The number of amides is 2. The minimum absolute atomic E-state index is 0.174. The molecule has 0 aliphatic carbocycles. The second-order valence-electron chi connectivity index (χ2n) is 6.16. The number of carbonyl (C=O) groups is 1. The maximum Gasteiger partial charge on any atom is 0.324 e. The van der Waals surface area contributed by atoms with Crippen LogP contribution in [0.5, 0.6) is 0 Å². The maximum absolute atomic E-state index is 12.0. The molecule has 0 unspecified atom stereocenters. The van der Waals surface area contributed by atoms with Crippen molar-refractivity contribution in [1.82, 2.24) is 15.1 Å². The van der Waals surface area contributed by atoms with E-state index in [0.717, 1.165) is 6.26 Å². The van der Waals surface area contributed by atoms with E-state index in [2.05, 4.69) is 25.8 Å². The molecule has 0 bridgehead atoms. The molecule has 2 aromatic heterocycles. The number of carbonyl (C=O) groups excluding carboxylic acids is 1. The summed E-state index contributed by atoms with van der Waals surface area (Å²) in [6.07, 6.45) is 1.12. The van der Waals surface area contributed by atoms with Gasteiger partial charge in [0.15, 0.2) is 21.5 Å². The van der Waals surface area contributed by atoms with Gasteiger partial charge in [-0.3, -0.25) is 5.32 Å². The van der Waals surface area contributed by atoms with Gasteiger partial charge in [0.2, 0.25) is 0 Å². The molecule has 3 aromatic rings. The molecule has 1 aromatic carbocycles. The first kappa shape index (κ1) is 19.3. The van der Waals surface area contributed by atoms with Crippen molar-refractivity contribution in [2.24, 2.45) is 0 Å². The number of nitrogen functional groups attached to an aromatic ring is 1. The molecule has 0 aliphatic rings. The van der Waals surface area contributed by atoms with Crippen LogP contribution in [0.25, 0.3) is 11.4 Å². The zero-order valence-electron chi connectivity index (χ0n) is 15.1. The second kappa shape index (κ2) is 7.64. The van der Waals surface area contributed by atoms with E-state index >= 15 is 0 Å². The van der Waals surface area contributed by atoms with E-state index in [4.69, 9.17) is 10.3 Å². The Balaban J connectivity index is 1.72. The minimum Gasteiger partial charge on any atom is -0.384 e. The molecule has 2 heterocycles. The molecule has 11 heteroatoms. The van der Waals surface area contributed by atoms with Crippen LogP contribution in [0.1, 0.15) is 11.5 Å². The van der Waals surface area contributed by atoms with Crippen molar-refractivity contribution in [3.8, 4) is 11.4 Å². The molecule has 3 rings (SSSR count). The Bertz CT molecular complexity index is 1110. The summed E-state index contributed by atoms with van der Waals surface area (Å²) in [6, 6.07) is 9.24. The van der Waals surface area contributed by atoms with Gasteiger partial charge in [0, 0.05) is 29.6 Å². The maximum atomic E-state index is 12.0. The van der Waals surface area contributed by atoms with Gasteiger partial charge < -0.3 is 15.6 Å². The smallest absolute Gasteiger partial charge is 0.324 e. The quantitative estimate of drug-likeness (QED) is 0.587. The highest BCUT2D eigenvalue weighted by molar-refractivity contribution is 7.89. The van der Waals surface area contributed by atoms with Gasteiger partial charge in [-0.1, -0.05) is 5.16 Å². The van der Waals surface area contributed by atoms with Crippen LogP contribution in [0, 0.1) is 6.92 Å². The van der Waals surface area contributed by atoms with Crippen LogP contribution in [0.3, 0.4) is 0 Å². The normalized spacial score (nSPS) is 11.2. The molecule has 0 atom stereocenters. The SMILES string of the molecule is Cc1cc(NC(=O)Nc2ccc(-c3nc(N)cc(CS(C)(=O)=O)n3)cc2)no1. The Labute approximate surface area is 161 Å². The van der Waals surface area contributed by atoms with E-state index < -0.39 is 15.9 Å². The minimum atomic E-state index is -3.25. The van der Waals surface area contributed by atoms with Gasteiger partial charge in [-0.25, -0.2) is 23.2 Å². The van der Waals surface area contributed by atoms with E-state index in [1.54, 1.807) is 37.3 Å². The van der Waals surface area contributed by atoms with E-state index in [1.807, 2.05) is 0 Å². The van der Waals surface area contributed by atoms with Gasteiger partial charge in [0.1, 0.15) is 11.6 Å². The highest BCUT2D eigenvalue weighted by Crippen LogP contribution is 2.20. The van der Waals surface area contributed by atoms with E-state index in [9.17, 15) is 13.2 Å². The summed E-state index contributed by atoms with van der Waals surface area (Å²) in [5, 5.41) is 8.87. The molecule has 0 saturated heterocycles. The molecule has 0 fully saturated rings. The molecule has 0 radical (unpaired) electrons. The third-order valence-electron chi connectivity index (χ3n) is 3.48. The van der Waals surface area contributed by atoms with E-state index in [-0.39, 0.29) is 11.6 Å². The van der Waals surface area contributed by atoms with Crippen molar-refractivity contribution in [3.63, 3.8) is 0 Å². The fourth-order valence-electron chi connectivity index (χ4n) is 2.40. The number of hydrogen-bond acceptors (Lipinski definition) is 8. The van der Waals surface area contributed by atoms with E-state index in [1.165, 1.54) is 6.07 Å². The molecular formula is C17H18N6O4S. The standard InChI is InChI=1S/C17H18N6O4S/c1-10-7-15(23-27-10)22-17(24)20-12-5-3-11(4-6-12)16-19-13(8-14(18)21-16)9-28(2,25)26/h3-8H,9H2,1-2H3,(H2,18,19,21)(H2,20,22,23,24). The third-order valence-corrected chi connectivity index (χ3v) is 4.30. The highest BCUT2D eigenvalue weighted by Gasteiger charge is 2.11. The van der Waals surface area contributed by atoms with Crippen LogP contribution in [-0.4, -0.2) is 35.8 Å². The predicted octanol–water partition coefficient (Wildman–Crippen LogP) is 2.21. The van der Waals surface area contributed by atoms with Crippen molar-refractivity contribution in [2.45, 2.75) is 12.7 Å². The average molecular weight is 402 g/mol. The lowest BCUT2D eigenvalue weighted by molar-refractivity contribution is 0.262. The monoisotopic (exact) mass is 402 g/mol. The predicted molar refractivity (Wildman–Crippen MR) is 104 cm³/mol. The highest BCUT2D eigenvalue weighted by atomic mass is 32.2. The molecule has 0 aliphatic heterocycles. The number of sulfone groups is 1. The Morgan fingerprint density at radius 1 is 1.14 bits per heavy atom. The van der Waals surface area contributed by atoms with Crippen molar-refractivity contribution in [3.05, 3.63) is 47.9 Å². The molecule has 2 amide bonds. The van der Waals surface area contributed by atoms with Crippen LogP contribution in [0.15, 0.2) is 40.9 Å². The molecular weight excluding hydrogens is 384 g/mol. The van der Waals surface area contributed by atoms with Crippen LogP contribution >= 0.6 is 0 Å². The number of aryl methyl sites for hydroxylation is 1. The topological polar surface area (TPSA) is 153 Å². The first-order chi connectivity index (χ1) is 13.2. The van der Waals surface area contributed by atoms with Crippen LogP contribution in [0.4, 0.5) is 22.1 Å². The first-order valence-electron chi connectivity index (χ1n) is 8.11. The summed E-state index contributed by atoms with van der Waals surface area (Å²) in [4.78, 5) is 20.4. The van der Waals surface area contributed by atoms with Crippen LogP contribution in [-0.2, 0) is 15.6 Å². The largest absolute Gasteiger partial charge is 0.384 e. The number of hydrogen-bond donors (Lipinski definition) is 3. The molecule has 0 spiro atoms. The van der Waals surface area contributed by atoms with Gasteiger partial charge in [0.25, 0.3) is 0 Å². The number of nitrogens with two attached hydrogens (primary N) is 1. The Hall–Kier alpha value is -3.47. The van der Waals surface area contributed by atoms with Crippen molar-refractivity contribution < 1.29 is 17.7 Å². The fraction of sp³-hybridized carbons (Fsp3) is 0.176. The lowest BCUT2D eigenvalue weighted by Crippen LogP contribution is -2.19. The number of nitrogens with zero attached hydrogens (tertiary/aromatic N) is 3. The van der Waals surface area contributed by atoms with Gasteiger partial charge in [0.05, 0.1) is 11.4 Å². The van der Waals surface area contributed by atoms with Gasteiger partial charge in [-0.2, -0.15) is 0 Å². The number of aromatic nitrogens is 3. The number of anilines is 3. The number of urea groups is 1. The fourth-order valence-corrected chi connectivity index (χ4v) is 3.08. The van der Waals surface area contributed by atoms with Gasteiger partial charge in [-0.15, -0.1) is 0 Å². The van der Waals surface area contributed by atoms with E-state index in [0.29, 0.717) is 34.3 Å². The first-order valence-corrected chi connectivity index (χ1v) is 10.2. The Kier molecular flexibility index (Phi) is 5.27. The summed E-state index contributed by atoms with van der Waals surface area (Å²) in [5.41, 5.74) is 7.23. The molecule has 28 heavy (non-hydrogen) atoms. The van der Waals surface area contributed by atoms with Gasteiger partial charge >= 0.3 is 6.03 Å². The van der Waals surface area contributed by atoms with Crippen molar-refractivity contribution in [1.29, 1.82) is 0 Å². The zero-order chi connectivity index (χ0) is 20.3. The number of benzene rings is 1. The van der Waals surface area contributed by atoms with Crippen LogP contribution in [0.2, 0.25) is 0 Å². The molecule has 0 saturated carbocycles. The third kappa shape index (κ3) is 5.27. The lowest BCUT2D eigenvalue weighted by Gasteiger charge is -2.08. The molecule has 146 valence electrons. The summed E-state index contributed by atoms with van der Waals surface area (Å²) < 4.78 is 27.8. The summed E-state index contributed by atoms with van der Waals surface area (Å²) in [6.45, 7) is 1.72. The second-order valence-corrected chi connectivity index (χ2v) is 8.30. The summed E-state index contributed by atoms with van der Waals surface area (Å²) in [5.74, 6) is 1.13. The molecule has 4 N–H and O–H groups in total. The van der Waals surface area contributed by atoms with Crippen molar-refractivity contribution >= 4 is 33.2 Å². The number of nitrogens with one attached hydrogen (secondary N) is 2. The Morgan fingerprint density at radius 3 is 2.46 bits per heavy atom. The summed E-state index contributed by atoms with van der Waals surface area (Å²) in [7, 11) is -3.25. The average Bonchev–Trinajstić information content (AvgIpc) is 2.98. The lowest BCUT2D eigenvalue weighted by atomic mass is 10.2. The zero-order valence-corrected chi connectivity index (χ0v) is 15.9. The molecule has 10 nitrogen and oxygen atoms in total. The van der Waals surface area contributed by atoms with Crippen LogP contribution < -0.4 is 16.4 Å². The van der Waals surface area contributed by atoms with Gasteiger partial charge in [-0.05, 0) is 31.2 Å². The number of rotatable bonds is 5.